The van der Waals surface area contributed by atoms with Gasteiger partial charge < -0.3 is 14.9 Å². The quantitative estimate of drug-likeness (QED) is 0.692. The Morgan fingerprint density at radius 3 is 2.67 bits per heavy atom. The maximum absolute atomic E-state index is 9.84. The molecule has 0 aliphatic carbocycles. The van der Waals surface area contributed by atoms with Gasteiger partial charge in [0.1, 0.15) is 11.5 Å². The molecule has 24 heavy (non-hydrogen) atoms. The summed E-state index contributed by atoms with van der Waals surface area (Å²) in [5.41, 5.74) is 2.88. The average Bonchev–Trinajstić information content (AvgIpc) is 2.54. The van der Waals surface area contributed by atoms with Crippen LogP contribution in [0.3, 0.4) is 0 Å². The van der Waals surface area contributed by atoms with Gasteiger partial charge >= 0.3 is 0 Å². The number of allylic oxidation sites excluding steroid dienone is 4. The van der Waals surface area contributed by atoms with Gasteiger partial charge in [-0.1, -0.05) is 29.4 Å². The fourth-order valence-electron chi connectivity index (χ4n) is 2.81. The van der Waals surface area contributed by atoms with Crippen molar-refractivity contribution in [2.45, 2.75) is 52.1 Å². The first-order valence-corrected chi connectivity index (χ1v) is 8.55. The van der Waals surface area contributed by atoms with E-state index in [9.17, 15) is 10.2 Å². The molecule has 130 valence electrons. The molecule has 1 aliphatic heterocycles. The number of aliphatic hydroxyl groups excluding tert-OH is 1. The van der Waals surface area contributed by atoms with Crippen LogP contribution in [0.5, 0.6) is 11.5 Å². The van der Waals surface area contributed by atoms with Crippen LogP contribution in [0, 0.1) is 0 Å². The summed E-state index contributed by atoms with van der Waals surface area (Å²) in [5.74, 6) is 0.919. The van der Waals surface area contributed by atoms with Gasteiger partial charge in [0, 0.05) is 5.56 Å². The van der Waals surface area contributed by atoms with E-state index in [4.69, 9.17) is 4.74 Å². The standard InChI is InChI=1S/C21H28O3/c1-16(2)6-4-7-17(3)8-5-12-21(15-22)13-11-18-14-19(23)9-10-20(18)24-21/h6,8-11,13-14,22-23H,4-5,7,12,15H2,1-3H3/b17-8+/t21-/m0/s1. The van der Waals surface area contributed by atoms with E-state index >= 15 is 0 Å². The number of aliphatic hydroxyl groups is 1. The first-order chi connectivity index (χ1) is 11.4. The van der Waals surface area contributed by atoms with Crippen LogP contribution in [-0.4, -0.2) is 22.4 Å². The smallest absolute Gasteiger partial charge is 0.151 e. The van der Waals surface area contributed by atoms with Crippen molar-refractivity contribution in [1.82, 2.24) is 0 Å². The highest BCUT2D eigenvalue weighted by Crippen LogP contribution is 2.35. The molecule has 2 rings (SSSR count). The highest BCUT2D eigenvalue weighted by Gasteiger charge is 2.31. The van der Waals surface area contributed by atoms with Crippen LogP contribution in [0.2, 0.25) is 0 Å². The molecule has 1 atom stereocenters. The second-order valence-corrected chi connectivity index (χ2v) is 6.79. The summed E-state index contributed by atoms with van der Waals surface area (Å²) in [6.07, 6.45) is 12.0. The molecule has 0 spiro atoms. The van der Waals surface area contributed by atoms with Crippen molar-refractivity contribution >= 4 is 6.08 Å². The number of fused-ring (bicyclic) bond motifs is 1. The fourth-order valence-corrected chi connectivity index (χ4v) is 2.81. The fraction of sp³-hybridized carbons (Fsp3) is 0.429. The highest BCUT2D eigenvalue weighted by molar-refractivity contribution is 5.62. The Morgan fingerprint density at radius 2 is 1.96 bits per heavy atom. The molecule has 1 aliphatic rings. The summed E-state index contributed by atoms with van der Waals surface area (Å²) in [6, 6.07) is 5.02. The predicted octanol–water partition coefficient (Wildman–Crippen LogP) is 5.00. The summed E-state index contributed by atoms with van der Waals surface area (Å²) >= 11 is 0. The van der Waals surface area contributed by atoms with Gasteiger partial charge in [-0.15, -0.1) is 0 Å². The lowest BCUT2D eigenvalue weighted by molar-refractivity contribution is 0.0418. The monoisotopic (exact) mass is 328 g/mol. The van der Waals surface area contributed by atoms with Gasteiger partial charge in [0.2, 0.25) is 0 Å². The van der Waals surface area contributed by atoms with E-state index in [0.29, 0.717) is 5.75 Å². The Morgan fingerprint density at radius 1 is 1.17 bits per heavy atom. The van der Waals surface area contributed by atoms with Crippen molar-refractivity contribution in [1.29, 1.82) is 0 Å². The van der Waals surface area contributed by atoms with Crippen LogP contribution >= 0.6 is 0 Å². The lowest BCUT2D eigenvalue weighted by atomic mass is 9.93. The number of rotatable bonds is 7. The Bertz CT molecular complexity index is 651. The largest absolute Gasteiger partial charge is 0.508 e. The van der Waals surface area contributed by atoms with Crippen LogP contribution < -0.4 is 4.74 Å². The SMILES string of the molecule is CC(C)=CCC/C(C)=C/CC[C@@]1(CO)C=Cc2cc(O)ccc2O1. The van der Waals surface area contributed by atoms with Gasteiger partial charge in [0.25, 0.3) is 0 Å². The van der Waals surface area contributed by atoms with E-state index in [1.165, 1.54) is 11.1 Å². The molecular formula is C21H28O3. The van der Waals surface area contributed by atoms with Gasteiger partial charge in [-0.2, -0.15) is 0 Å². The number of hydrogen-bond acceptors (Lipinski definition) is 3. The van der Waals surface area contributed by atoms with Crippen molar-refractivity contribution in [3.8, 4) is 11.5 Å². The van der Waals surface area contributed by atoms with Crippen LogP contribution in [0.25, 0.3) is 6.08 Å². The zero-order chi connectivity index (χ0) is 17.6. The number of benzene rings is 1. The van der Waals surface area contributed by atoms with Crippen LogP contribution in [-0.2, 0) is 0 Å². The number of ether oxygens (including phenoxy) is 1. The summed E-state index contributed by atoms with van der Waals surface area (Å²) in [5, 5.41) is 19.4. The number of phenols is 1. The van der Waals surface area contributed by atoms with E-state index in [-0.39, 0.29) is 12.4 Å². The van der Waals surface area contributed by atoms with E-state index in [0.717, 1.165) is 31.2 Å². The zero-order valence-corrected chi connectivity index (χ0v) is 14.9. The van der Waals surface area contributed by atoms with Crippen molar-refractivity contribution in [2.75, 3.05) is 6.61 Å². The first kappa shape index (κ1) is 18.3. The molecule has 1 aromatic carbocycles. The third-order valence-corrected chi connectivity index (χ3v) is 4.29. The zero-order valence-electron chi connectivity index (χ0n) is 14.9. The second kappa shape index (κ2) is 8.20. The Labute approximate surface area is 145 Å². The maximum atomic E-state index is 9.84. The molecule has 3 nitrogen and oxygen atoms in total. The Balaban J connectivity index is 1.96. The molecular weight excluding hydrogens is 300 g/mol. The summed E-state index contributed by atoms with van der Waals surface area (Å²) < 4.78 is 6.03. The minimum absolute atomic E-state index is 0.0610. The number of phenolic OH excluding ortho intramolecular Hbond substituents is 1. The lowest BCUT2D eigenvalue weighted by Gasteiger charge is -2.33. The molecule has 2 N–H and O–H groups in total. The molecule has 0 saturated carbocycles. The molecule has 0 unspecified atom stereocenters. The Hall–Kier alpha value is -2.00. The molecule has 0 saturated heterocycles. The summed E-state index contributed by atoms with van der Waals surface area (Å²) in [6.45, 7) is 6.33. The number of hydrogen-bond donors (Lipinski definition) is 2. The normalized spacial score (nSPS) is 19.6. The highest BCUT2D eigenvalue weighted by atomic mass is 16.5. The Kier molecular flexibility index (Phi) is 6.27. The molecule has 1 aromatic rings. The van der Waals surface area contributed by atoms with Gasteiger partial charge in [-0.05, 0) is 70.7 Å². The van der Waals surface area contributed by atoms with Crippen molar-refractivity contribution in [3.05, 3.63) is 53.1 Å². The molecule has 1 heterocycles. The maximum Gasteiger partial charge on any atom is 0.151 e. The van der Waals surface area contributed by atoms with Gasteiger partial charge in [0.05, 0.1) is 6.61 Å². The van der Waals surface area contributed by atoms with E-state index < -0.39 is 5.60 Å². The van der Waals surface area contributed by atoms with Crippen molar-refractivity contribution in [2.24, 2.45) is 0 Å². The van der Waals surface area contributed by atoms with Gasteiger partial charge in [-0.25, -0.2) is 0 Å². The summed E-state index contributed by atoms with van der Waals surface area (Å²) in [4.78, 5) is 0. The van der Waals surface area contributed by atoms with Gasteiger partial charge in [0.15, 0.2) is 5.60 Å². The van der Waals surface area contributed by atoms with E-state index in [1.54, 1.807) is 18.2 Å². The predicted molar refractivity (Wildman–Crippen MR) is 99.2 cm³/mol. The van der Waals surface area contributed by atoms with E-state index in [2.05, 4.69) is 32.9 Å². The third-order valence-electron chi connectivity index (χ3n) is 4.29. The number of aromatic hydroxyl groups is 1. The molecule has 0 radical (unpaired) electrons. The van der Waals surface area contributed by atoms with Crippen LogP contribution in [0.1, 0.15) is 52.0 Å². The van der Waals surface area contributed by atoms with Crippen molar-refractivity contribution in [3.63, 3.8) is 0 Å². The molecule has 0 bridgehead atoms. The molecule has 0 fully saturated rings. The average molecular weight is 328 g/mol. The van der Waals surface area contributed by atoms with Crippen LogP contribution in [0.4, 0.5) is 0 Å². The van der Waals surface area contributed by atoms with Gasteiger partial charge in [-0.3, -0.25) is 0 Å². The topological polar surface area (TPSA) is 49.7 Å². The summed E-state index contributed by atoms with van der Waals surface area (Å²) in [7, 11) is 0. The molecule has 3 heteroatoms. The van der Waals surface area contributed by atoms with E-state index in [1.807, 2.05) is 12.2 Å². The minimum atomic E-state index is -0.680. The minimum Gasteiger partial charge on any atom is -0.508 e. The van der Waals surface area contributed by atoms with Crippen molar-refractivity contribution < 1.29 is 14.9 Å². The van der Waals surface area contributed by atoms with Crippen LogP contribution in [0.15, 0.2) is 47.6 Å². The lowest BCUT2D eigenvalue weighted by Crippen LogP contribution is -2.39. The third kappa shape index (κ3) is 5.00. The first-order valence-electron chi connectivity index (χ1n) is 8.55. The second-order valence-electron chi connectivity index (χ2n) is 6.79. The molecule has 0 aromatic heterocycles. The molecule has 0 amide bonds.